The SMILES string of the molecule is N#Cc1ccc(I)c(Br)c1C(=O)O. The van der Waals surface area contributed by atoms with Crippen molar-refractivity contribution in [1.29, 1.82) is 5.26 Å². The lowest BCUT2D eigenvalue weighted by molar-refractivity contribution is 0.0695. The van der Waals surface area contributed by atoms with E-state index in [4.69, 9.17) is 10.4 Å². The van der Waals surface area contributed by atoms with Crippen LogP contribution in [0, 0.1) is 14.9 Å². The maximum absolute atomic E-state index is 10.8. The Hall–Kier alpha value is -0.610. The van der Waals surface area contributed by atoms with Gasteiger partial charge in [-0.25, -0.2) is 4.79 Å². The lowest BCUT2D eigenvalue weighted by atomic mass is 10.1. The highest BCUT2D eigenvalue weighted by atomic mass is 127. The van der Waals surface area contributed by atoms with Crippen LogP contribution in [-0.2, 0) is 0 Å². The molecule has 0 spiro atoms. The summed E-state index contributed by atoms with van der Waals surface area (Å²) in [5.74, 6) is -1.10. The molecule has 1 N–H and O–H groups in total. The van der Waals surface area contributed by atoms with Crippen molar-refractivity contribution >= 4 is 44.5 Å². The van der Waals surface area contributed by atoms with Gasteiger partial charge >= 0.3 is 5.97 Å². The minimum atomic E-state index is -1.10. The summed E-state index contributed by atoms with van der Waals surface area (Å²) in [5, 5.41) is 17.5. The van der Waals surface area contributed by atoms with Gasteiger partial charge in [0.15, 0.2) is 0 Å². The van der Waals surface area contributed by atoms with Crippen molar-refractivity contribution in [2.45, 2.75) is 0 Å². The number of benzene rings is 1. The van der Waals surface area contributed by atoms with Crippen molar-refractivity contribution in [1.82, 2.24) is 0 Å². The van der Waals surface area contributed by atoms with E-state index in [0.29, 0.717) is 4.47 Å². The van der Waals surface area contributed by atoms with E-state index in [2.05, 4.69) is 15.9 Å². The molecule has 0 unspecified atom stereocenters. The highest BCUT2D eigenvalue weighted by molar-refractivity contribution is 14.1. The van der Waals surface area contributed by atoms with Crippen LogP contribution < -0.4 is 0 Å². The summed E-state index contributed by atoms with van der Waals surface area (Å²) in [6, 6.07) is 5.02. The van der Waals surface area contributed by atoms with E-state index in [1.807, 2.05) is 28.7 Å². The smallest absolute Gasteiger partial charge is 0.338 e. The van der Waals surface area contributed by atoms with Gasteiger partial charge in [-0.2, -0.15) is 5.26 Å². The van der Waals surface area contributed by atoms with Gasteiger partial charge in [0.2, 0.25) is 0 Å². The molecule has 0 amide bonds. The van der Waals surface area contributed by atoms with E-state index >= 15 is 0 Å². The van der Waals surface area contributed by atoms with E-state index in [1.165, 1.54) is 6.07 Å². The van der Waals surface area contributed by atoms with Crippen molar-refractivity contribution in [3.63, 3.8) is 0 Å². The number of carboxylic acids is 1. The molecule has 1 aromatic rings. The van der Waals surface area contributed by atoms with Gasteiger partial charge in [0.1, 0.15) is 6.07 Å². The van der Waals surface area contributed by atoms with Crippen molar-refractivity contribution in [2.75, 3.05) is 0 Å². The third-order valence-corrected chi connectivity index (χ3v) is 3.89. The van der Waals surface area contributed by atoms with Gasteiger partial charge in [0.05, 0.1) is 11.1 Å². The fraction of sp³-hybridized carbons (Fsp3) is 0. The third kappa shape index (κ3) is 2.00. The van der Waals surface area contributed by atoms with E-state index < -0.39 is 5.97 Å². The molecule has 0 heterocycles. The van der Waals surface area contributed by atoms with Crippen LogP contribution in [-0.4, -0.2) is 11.1 Å². The molecule has 0 fully saturated rings. The van der Waals surface area contributed by atoms with Gasteiger partial charge in [-0.05, 0) is 50.7 Å². The van der Waals surface area contributed by atoms with Crippen molar-refractivity contribution in [3.8, 4) is 6.07 Å². The minimum absolute atomic E-state index is 0.0226. The number of rotatable bonds is 1. The molecular weight excluding hydrogens is 349 g/mol. The standard InChI is InChI=1S/C8H3BrINO2/c9-7-5(10)2-1-4(3-11)6(7)8(12)13/h1-2H,(H,12,13). The lowest BCUT2D eigenvalue weighted by Gasteiger charge is -2.02. The molecule has 0 saturated heterocycles. The van der Waals surface area contributed by atoms with Gasteiger partial charge in [-0.3, -0.25) is 0 Å². The molecule has 5 heteroatoms. The molecule has 0 bridgehead atoms. The Morgan fingerprint density at radius 2 is 2.23 bits per heavy atom. The van der Waals surface area contributed by atoms with Crippen molar-refractivity contribution < 1.29 is 9.90 Å². The zero-order valence-corrected chi connectivity index (χ0v) is 9.96. The summed E-state index contributed by atoms with van der Waals surface area (Å²) >= 11 is 5.13. The molecular formula is C8H3BrINO2. The fourth-order valence-electron chi connectivity index (χ4n) is 0.853. The maximum Gasteiger partial charge on any atom is 0.338 e. The van der Waals surface area contributed by atoms with Crippen molar-refractivity contribution in [3.05, 3.63) is 31.3 Å². The Bertz CT molecular complexity index is 411. The minimum Gasteiger partial charge on any atom is -0.478 e. The molecule has 1 aromatic carbocycles. The normalized spacial score (nSPS) is 9.31. The molecule has 0 aliphatic rings. The summed E-state index contributed by atoms with van der Waals surface area (Å²) in [4.78, 5) is 10.8. The molecule has 0 aliphatic carbocycles. The van der Waals surface area contributed by atoms with E-state index in [0.717, 1.165) is 3.57 Å². The first-order valence-electron chi connectivity index (χ1n) is 3.19. The van der Waals surface area contributed by atoms with E-state index in [1.54, 1.807) is 6.07 Å². The molecule has 0 atom stereocenters. The number of hydrogen-bond acceptors (Lipinski definition) is 2. The average Bonchev–Trinajstić information content (AvgIpc) is 2.08. The summed E-state index contributed by atoms with van der Waals surface area (Å²) in [5.41, 5.74) is 0.189. The van der Waals surface area contributed by atoms with Gasteiger partial charge in [0, 0.05) is 8.04 Å². The highest BCUT2D eigenvalue weighted by Gasteiger charge is 2.15. The van der Waals surface area contributed by atoms with Crippen LogP contribution in [0.2, 0.25) is 0 Å². The number of nitriles is 1. The van der Waals surface area contributed by atoms with E-state index in [9.17, 15) is 4.79 Å². The molecule has 0 aromatic heterocycles. The second-order valence-electron chi connectivity index (χ2n) is 2.20. The largest absolute Gasteiger partial charge is 0.478 e. The van der Waals surface area contributed by atoms with Crippen molar-refractivity contribution in [2.24, 2.45) is 0 Å². The maximum atomic E-state index is 10.8. The first-order chi connectivity index (χ1) is 6.07. The van der Waals surface area contributed by atoms with E-state index in [-0.39, 0.29) is 11.1 Å². The summed E-state index contributed by atoms with van der Waals surface area (Å²) in [6.45, 7) is 0. The van der Waals surface area contributed by atoms with Gasteiger partial charge in [-0.1, -0.05) is 0 Å². The Kier molecular flexibility index (Phi) is 3.27. The quantitative estimate of drug-likeness (QED) is 0.791. The number of carboxylic acid groups (broad SMARTS) is 1. The predicted octanol–water partition coefficient (Wildman–Crippen LogP) is 2.62. The Balaban J connectivity index is 3.53. The molecule has 66 valence electrons. The zero-order valence-electron chi connectivity index (χ0n) is 6.21. The van der Waals surface area contributed by atoms with Crippen LogP contribution in [0.15, 0.2) is 16.6 Å². The zero-order chi connectivity index (χ0) is 10.0. The number of halogens is 2. The summed E-state index contributed by atoms with van der Waals surface area (Å²) < 4.78 is 1.23. The molecule has 1 rings (SSSR count). The van der Waals surface area contributed by atoms with Crippen LogP contribution >= 0.6 is 38.5 Å². The average molecular weight is 352 g/mol. The first kappa shape index (κ1) is 10.5. The second-order valence-corrected chi connectivity index (χ2v) is 4.16. The van der Waals surface area contributed by atoms with Crippen LogP contribution in [0.4, 0.5) is 0 Å². The molecule has 13 heavy (non-hydrogen) atoms. The van der Waals surface area contributed by atoms with Crippen LogP contribution in [0.1, 0.15) is 15.9 Å². The molecule has 0 aliphatic heterocycles. The number of aromatic carboxylic acids is 1. The number of hydrogen-bond donors (Lipinski definition) is 1. The van der Waals surface area contributed by atoms with Gasteiger partial charge < -0.3 is 5.11 Å². The number of nitrogens with zero attached hydrogens (tertiary/aromatic N) is 1. The third-order valence-electron chi connectivity index (χ3n) is 1.43. The topological polar surface area (TPSA) is 61.1 Å². The van der Waals surface area contributed by atoms with Gasteiger partial charge in [-0.15, -0.1) is 0 Å². The lowest BCUT2D eigenvalue weighted by Crippen LogP contribution is -2.02. The van der Waals surface area contributed by atoms with Crippen LogP contribution in [0.3, 0.4) is 0 Å². The van der Waals surface area contributed by atoms with Crippen LogP contribution in [0.25, 0.3) is 0 Å². The molecule has 0 saturated carbocycles. The first-order valence-corrected chi connectivity index (χ1v) is 5.06. The highest BCUT2D eigenvalue weighted by Crippen LogP contribution is 2.26. The monoisotopic (exact) mass is 351 g/mol. The van der Waals surface area contributed by atoms with Gasteiger partial charge in [0.25, 0.3) is 0 Å². The summed E-state index contributed by atoms with van der Waals surface area (Å²) in [7, 11) is 0. The molecule has 0 radical (unpaired) electrons. The summed E-state index contributed by atoms with van der Waals surface area (Å²) in [6.07, 6.45) is 0. The number of carbonyl (C=O) groups is 1. The Morgan fingerprint density at radius 1 is 1.62 bits per heavy atom. The second kappa shape index (κ2) is 4.07. The Labute approximate surface area is 96.6 Å². The Morgan fingerprint density at radius 3 is 2.69 bits per heavy atom. The fourth-order valence-corrected chi connectivity index (χ4v) is 1.82. The molecule has 3 nitrogen and oxygen atoms in total. The van der Waals surface area contributed by atoms with Crippen LogP contribution in [0.5, 0.6) is 0 Å². The predicted molar refractivity (Wildman–Crippen MR) is 58.5 cm³/mol.